The zero-order valence-electron chi connectivity index (χ0n) is 11.5. The van der Waals surface area contributed by atoms with Crippen molar-refractivity contribution in [3.63, 3.8) is 0 Å². The Kier molecular flexibility index (Phi) is 3.93. The molecular weight excluding hydrogens is 272 g/mol. The largest absolute Gasteiger partial charge is 0.480 e. The van der Waals surface area contributed by atoms with E-state index in [4.69, 9.17) is 16.6 Å². The number of aliphatic carboxylic acids is 1. The number of nitrogens with one attached hydrogen (secondary N) is 1. The highest BCUT2D eigenvalue weighted by Crippen LogP contribution is 2.27. The van der Waals surface area contributed by atoms with Crippen LogP contribution in [0.25, 0.3) is 10.8 Å². The minimum atomic E-state index is -1.17. The van der Waals surface area contributed by atoms with Crippen LogP contribution in [-0.2, 0) is 9.59 Å². The summed E-state index contributed by atoms with van der Waals surface area (Å²) in [7, 11) is 0. The number of carbonyl (C=O) groups is 2. The number of benzene rings is 1. The first-order valence-electron chi connectivity index (χ1n) is 6.32. The molecule has 0 aliphatic carbocycles. The fourth-order valence-corrected chi connectivity index (χ4v) is 2.10. The van der Waals surface area contributed by atoms with Crippen LogP contribution in [0.4, 0.5) is 11.5 Å². The summed E-state index contributed by atoms with van der Waals surface area (Å²) in [4.78, 5) is 26.5. The number of aromatic nitrogens is 1. The van der Waals surface area contributed by atoms with Crippen molar-refractivity contribution in [2.24, 2.45) is 5.73 Å². The number of fused-ring (bicyclic) bond motifs is 1. The fourth-order valence-electron chi connectivity index (χ4n) is 2.10. The standard InChI is InChI=1S/C14H16N4O3/c1-7-5-9-8(3-2-4-10(9)15)13(17-7)18-11(14(20)21)6-12(16)19/h2-5,11H,6,15H2,1H3,(H2,16,19)(H,17,18)(H,20,21). The van der Waals surface area contributed by atoms with E-state index in [1.54, 1.807) is 25.1 Å². The number of primary amides is 1. The third-order valence-electron chi connectivity index (χ3n) is 3.05. The lowest BCUT2D eigenvalue weighted by atomic mass is 10.1. The Morgan fingerprint density at radius 1 is 1.38 bits per heavy atom. The van der Waals surface area contributed by atoms with Crippen LogP contribution in [-0.4, -0.2) is 28.0 Å². The summed E-state index contributed by atoms with van der Waals surface area (Å²) in [5, 5.41) is 13.4. The average molecular weight is 288 g/mol. The molecule has 110 valence electrons. The monoisotopic (exact) mass is 288 g/mol. The highest BCUT2D eigenvalue weighted by atomic mass is 16.4. The molecule has 21 heavy (non-hydrogen) atoms. The van der Waals surface area contributed by atoms with Gasteiger partial charge in [-0.25, -0.2) is 9.78 Å². The van der Waals surface area contributed by atoms with Gasteiger partial charge in [-0.1, -0.05) is 12.1 Å². The van der Waals surface area contributed by atoms with Crippen molar-refractivity contribution in [1.82, 2.24) is 4.98 Å². The zero-order valence-corrected chi connectivity index (χ0v) is 11.5. The van der Waals surface area contributed by atoms with Gasteiger partial charge in [0.2, 0.25) is 5.91 Å². The van der Waals surface area contributed by atoms with Crippen LogP contribution in [0.1, 0.15) is 12.1 Å². The molecule has 1 aromatic heterocycles. The molecule has 7 nitrogen and oxygen atoms in total. The molecule has 1 heterocycles. The highest BCUT2D eigenvalue weighted by molar-refractivity contribution is 6.00. The first-order chi connectivity index (χ1) is 9.88. The lowest BCUT2D eigenvalue weighted by Crippen LogP contribution is -2.34. The topological polar surface area (TPSA) is 131 Å². The highest BCUT2D eigenvalue weighted by Gasteiger charge is 2.21. The van der Waals surface area contributed by atoms with Gasteiger partial charge in [-0.05, 0) is 19.1 Å². The number of nitrogen functional groups attached to an aromatic ring is 1. The van der Waals surface area contributed by atoms with E-state index in [9.17, 15) is 9.59 Å². The first-order valence-corrected chi connectivity index (χ1v) is 6.32. The number of nitrogens with two attached hydrogens (primary N) is 2. The van der Waals surface area contributed by atoms with Crippen molar-refractivity contribution in [1.29, 1.82) is 0 Å². The second-order valence-corrected chi connectivity index (χ2v) is 4.76. The van der Waals surface area contributed by atoms with E-state index in [0.29, 0.717) is 22.6 Å². The van der Waals surface area contributed by atoms with E-state index in [-0.39, 0.29) is 6.42 Å². The van der Waals surface area contributed by atoms with E-state index in [0.717, 1.165) is 5.39 Å². The Bertz CT molecular complexity index is 715. The van der Waals surface area contributed by atoms with Crippen LogP contribution in [0.3, 0.4) is 0 Å². The maximum absolute atomic E-state index is 11.2. The second-order valence-electron chi connectivity index (χ2n) is 4.76. The molecule has 1 amide bonds. The predicted molar refractivity (Wildman–Crippen MR) is 79.8 cm³/mol. The number of hydrogen-bond donors (Lipinski definition) is 4. The number of nitrogens with zero attached hydrogens (tertiary/aromatic N) is 1. The van der Waals surface area contributed by atoms with Crippen LogP contribution < -0.4 is 16.8 Å². The number of aryl methyl sites for hydroxylation is 1. The molecule has 0 aliphatic heterocycles. The summed E-state index contributed by atoms with van der Waals surface area (Å²) in [6.45, 7) is 1.78. The molecular formula is C14H16N4O3. The van der Waals surface area contributed by atoms with Crippen LogP contribution >= 0.6 is 0 Å². The van der Waals surface area contributed by atoms with E-state index in [1.807, 2.05) is 6.07 Å². The zero-order chi connectivity index (χ0) is 15.6. The molecule has 1 unspecified atom stereocenters. The summed E-state index contributed by atoms with van der Waals surface area (Å²) in [5.74, 6) is -1.51. The number of pyridine rings is 1. The van der Waals surface area contributed by atoms with Crippen LogP contribution in [0.15, 0.2) is 24.3 Å². The minimum absolute atomic E-state index is 0.325. The van der Waals surface area contributed by atoms with Gasteiger partial charge < -0.3 is 21.9 Å². The molecule has 2 rings (SSSR count). The molecule has 0 spiro atoms. The third-order valence-corrected chi connectivity index (χ3v) is 3.05. The number of carbonyl (C=O) groups excluding carboxylic acids is 1. The fraction of sp³-hybridized carbons (Fsp3) is 0.214. The molecule has 0 fully saturated rings. The van der Waals surface area contributed by atoms with Crippen LogP contribution in [0, 0.1) is 6.92 Å². The Labute approximate surface area is 121 Å². The van der Waals surface area contributed by atoms with Gasteiger partial charge in [0.1, 0.15) is 11.9 Å². The van der Waals surface area contributed by atoms with E-state index < -0.39 is 17.9 Å². The summed E-state index contributed by atoms with van der Waals surface area (Å²) < 4.78 is 0. The number of amides is 1. The lowest BCUT2D eigenvalue weighted by Gasteiger charge is -2.16. The molecule has 6 N–H and O–H groups in total. The predicted octanol–water partition coefficient (Wildman–Crippen LogP) is 0.866. The van der Waals surface area contributed by atoms with E-state index >= 15 is 0 Å². The SMILES string of the molecule is Cc1cc2c(N)cccc2c(NC(CC(N)=O)C(=O)O)n1. The minimum Gasteiger partial charge on any atom is -0.480 e. The van der Waals surface area contributed by atoms with Gasteiger partial charge in [0, 0.05) is 22.2 Å². The van der Waals surface area contributed by atoms with Gasteiger partial charge in [-0.15, -0.1) is 0 Å². The Hall–Kier alpha value is -2.83. The summed E-state index contributed by atoms with van der Waals surface area (Å²) >= 11 is 0. The van der Waals surface area contributed by atoms with Crippen molar-refractivity contribution < 1.29 is 14.7 Å². The van der Waals surface area contributed by atoms with Crippen molar-refractivity contribution >= 4 is 34.2 Å². The van der Waals surface area contributed by atoms with Crippen molar-refractivity contribution in [3.8, 4) is 0 Å². The Balaban J connectivity index is 2.48. The molecule has 1 aromatic carbocycles. The maximum Gasteiger partial charge on any atom is 0.326 e. The molecule has 2 aromatic rings. The first kappa shape index (κ1) is 14.6. The number of anilines is 2. The van der Waals surface area contributed by atoms with Gasteiger partial charge in [0.25, 0.3) is 0 Å². The molecule has 0 saturated carbocycles. The van der Waals surface area contributed by atoms with Gasteiger partial charge in [0.05, 0.1) is 6.42 Å². The Morgan fingerprint density at radius 2 is 2.10 bits per heavy atom. The van der Waals surface area contributed by atoms with E-state index in [2.05, 4.69) is 10.3 Å². The number of carboxylic acids is 1. The number of carboxylic acid groups (broad SMARTS) is 1. The molecule has 7 heteroatoms. The number of hydrogen-bond acceptors (Lipinski definition) is 5. The second kappa shape index (κ2) is 5.66. The van der Waals surface area contributed by atoms with Crippen LogP contribution in [0.2, 0.25) is 0 Å². The van der Waals surface area contributed by atoms with Gasteiger partial charge >= 0.3 is 5.97 Å². The van der Waals surface area contributed by atoms with Crippen molar-refractivity contribution in [3.05, 3.63) is 30.0 Å². The lowest BCUT2D eigenvalue weighted by molar-refractivity contribution is -0.139. The van der Waals surface area contributed by atoms with Crippen molar-refractivity contribution in [2.45, 2.75) is 19.4 Å². The molecule has 0 saturated heterocycles. The Morgan fingerprint density at radius 3 is 2.71 bits per heavy atom. The molecule has 1 atom stereocenters. The average Bonchev–Trinajstić information content (AvgIpc) is 2.38. The van der Waals surface area contributed by atoms with Crippen molar-refractivity contribution in [2.75, 3.05) is 11.1 Å². The summed E-state index contributed by atoms with van der Waals surface area (Å²) in [6.07, 6.45) is -0.325. The van der Waals surface area contributed by atoms with Gasteiger partial charge in [-0.3, -0.25) is 4.79 Å². The van der Waals surface area contributed by atoms with Crippen LogP contribution in [0.5, 0.6) is 0 Å². The molecule has 0 aliphatic rings. The quantitative estimate of drug-likeness (QED) is 0.603. The molecule has 0 radical (unpaired) electrons. The summed E-state index contributed by atoms with van der Waals surface area (Å²) in [5.41, 5.74) is 12.2. The molecule has 0 bridgehead atoms. The summed E-state index contributed by atoms with van der Waals surface area (Å²) in [6, 6.07) is 5.97. The third kappa shape index (κ3) is 3.19. The normalized spacial score (nSPS) is 12.0. The van der Waals surface area contributed by atoms with E-state index in [1.165, 1.54) is 0 Å². The van der Waals surface area contributed by atoms with Gasteiger partial charge in [-0.2, -0.15) is 0 Å². The number of rotatable bonds is 5. The smallest absolute Gasteiger partial charge is 0.326 e. The van der Waals surface area contributed by atoms with Gasteiger partial charge in [0.15, 0.2) is 0 Å². The maximum atomic E-state index is 11.2.